The minimum absolute atomic E-state index is 0.136. The quantitative estimate of drug-likeness (QED) is 0.840. The molecule has 104 valence electrons. The maximum atomic E-state index is 12.1. The van der Waals surface area contributed by atoms with Gasteiger partial charge in [-0.1, -0.05) is 18.2 Å². The Labute approximate surface area is 118 Å². The predicted octanol–water partition coefficient (Wildman–Crippen LogP) is 2.77. The average Bonchev–Trinajstić information content (AvgIpc) is 2.47. The van der Waals surface area contributed by atoms with Crippen LogP contribution in [0.1, 0.15) is 28.9 Å². The van der Waals surface area contributed by atoms with Crippen molar-refractivity contribution in [2.45, 2.75) is 13.0 Å². The molecule has 0 saturated carbocycles. The van der Waals surface area contributed by atoms with Crippen molar-refractivity contribution in [2.75, 3.05) is 12.8 Å². The van der Waals surface area contributed by atoms with Gasteiger partial charge in [-0.05, 0) is 37.3 Å². The van der Waals surface area contributed by atoms with E-state index in [2.05, 4.69) is 5.32 Å². The fourth-order valence-corrected chi connectivity index (χ4v) is 2.02. The summed E-state index contributed by atoms with van der Waals surface area (Å²) in [5.74, 6) is 0.626. The summed E-state index contributed by atoms with van der Waals surface area (Å²) in [7, 11) is 1.62. The van der Waals surface area contributed by atoms with E-state index >= 15 is 0 Å². The lowest BCUT2D eigenvalue weighted by atomic mass is 10.1. The second-order valence-electron chi connectivity index (χ2n) is 4.56. The summed E-state index contributed by atoms with van der Waals surface area (Å²) in [6.45, 7) is 1.92. The molecule has 2 aromatic rings. The van der Waals surface area contributed by atoms with Crippen molar-refractivity contribution in [3.8, 4) is 5.75 Å². The van der Waals surface area contributed by atoms with Crippen LogP contribution in [0, 0.1) is 0 Å². The largest absolute Gasteiger partial charge is 0.496 e. The van der Waals surface area contributed by atoms with E-state index in [4.69, 9.17) is 10.5 Å². The fraction of sp³-hybridized carbons (Fsp3) is 0.188. The molecule has 0 saturated heterocycles. The van der Waals surface area contributed by atoms with Crippen LogP contribution in [0.3, 0.4) is 0 Å². The zero-order valence-electron chi connectivity index (χ0n) is 11.6. The Morgan fingerprint density at radius 2 is 1.80 bits per heavy atom. The van der Waals surface area contributed by atoms with E-state index in [0.29, 0.717) is 11.3 Å². The van der Waals surface area contributed by atoms with Gasteiger partial charge < -0.3 is 15.8 Å². The Bertz CT molecular complexity index is 594. The first kappa shape index (κ1) is 13.9. The molecular formula is C16H18N2O2. The number of carbonyl (C=O) groups excluding carboxylic acids is 1. The summed E-state index contributed by atoms with van der Waals surface area (Å²) in [4.78, 5) is 12.1. The molecule has 3 N–H and O–H groups in total. The summed E-state index contributed by atoms with van der Waals surface area (Å²) in [5.41, 5.74) is 7.77. The monoisotopic (exact) mass is 270 g/mol. The number of hydrogen-bond donors (Lipinski definition) is 2. The van der Waals surface area contributed by atoms with Crippen LogP contribution in [0.2, 0.25) is 0 Å². The van der Waals surface area contributed by atoms with Gasteiger partial charge in [-0.2, -0.15) is 0 Å². The number of ether oxygens (including phenoxy) is 1. The number of para-hydroxylation sites is 1. The van der Waals surface area contributed by atoms with Gasteiger partial charge >= 0.3 is 0 Å². The number of nitrogens with one attached hydrogen (secondary N) is 1. The van der Waals surface area contributed by atoms with E-state index in [1.807, 2.05) is 31.2 Å². The van der Waals surface area contributed by atoms with E-state index in [9.17, 15) is 4.79 Å². The van der Waals surface area contributed by atoms with Crippen molar-refractivity contribution >= 4 is 11.6 Å². The highest BCUT2D eigenvalue weighted by Gasteiger charge is 2.14. The van der Waals surface area contributed by atoms with Gasteiger partial charge in [-0.3, -0.25) is 4.79 Å². The van der Waals surface area contributed by atoms with E-state index in [-0.39, 0.29) is 11.9 Å². The number of hydrogen-bond acceptors (Lipinski definition) is 3. The minimum atomic E-state index is -0.142. The average molecular weight is 270 g/mol. The second-order valence-corrected chi connectivity index (χ2v) is 4.56. The lowest BCUT2D eigenvalue weighted by Gasteiger charge is -2.17. The SMILES string of the molecule is COc1ccccc1C(C)NC(=O)c1ccc(N)cc1. The first-order chi connectivity index (χ1) is 9.61. The number of nitrogen functional groups attached to an aromatic ring is 1. The zero-order valence-corrected chi connectivity index (χ0v) is 11.6. The molecule has 0 spiro atoms. The molecule has 4 nitrogen and oxygen atoms in total. The Hall–Kier alpha value is -2.49. The Morgan fingerprint density at radius 3 is 2.45 bits per heavy atom. The number of nitrogens with two attached hydrogens (primary N) is 1. The third kappa shape index (κ3) is 3.09. The highest BCUT2D eigenvalue weighted by molar-refractivity contribution is 5.94. The number of methoxy groups -OCH3 is 1. The Kier molecular flexibility index (Phi) is 4.25. The number of amides is 1. The van der Waals surface area contributed by atoms with Crippen LogP contribution >= 0.6 is 0 Å². The number of carbonyl (C=O) groups is 1. The maximum absolute atomic E-state index is 12.1. The lowest BCUT2D eigenvalue weighted by molar-refractivity contribution is 0.0939. The Morgan fingerprint density at radius 1 is 1.15 bits per heavy atom. The van der Waals surface area contributed by atoms with Crippen LogP contribution in [-0.4, -0.2) is 13.0 Å². The van der Waals surface area contributed by atoms with Crippen molar-refractivity contribution < 1.29 is 9.53 Å². The predicted molar refractivity (Wildman–Crippen MR) is 79.7 cm³/mol. The molecule has 2 rings (SSSR count). The highest BCUT2D eigenvalue weighted by Crippen LogP contribution is 2.24. The molecule has 0 aromatic heterocycles. The van der Waals surface area contributed by atoms with Gasteiger partial charge in [0.2, 0.25) is 0 Å². The molecule has 0 radical (unpaired) electrons. The number of anilines is 1. The molecule has 4 heteroatoms. The first-order valence-corrected chi connectivity index (χ1v) is 6.41. The molecule has 0 bridgehead atoms. The minimum Gasteiger partial charge on any atom is -0.496 e. The Balaban J connectivity index is 2.13. The molecule has 0 aliphatic carbocycles. The van der Waals surface area contributed by atoms with Gasteiger partial charge in [0.25, 0.3) is 5.91 Å². The van der Waals surface area contributed by atoms with Crippen LogP contribution in [0.5, 0.6) is 5.75 Å². The van der Waals surface area contributed by atoms with E-state index in [1.165, 1.54) is 0 Å². The van der Waals surface area contributed by atoms with Crippen molar-refractivity contribution in [1.29, 1.82) is 0 Å². The number of rotatable bonds is 4. The van der Waals surface area contributed by atoms with Gasteiger partial charge in [-0.15, -0.1) is 0 Å². The molecule has 0 fully saturated rings. The van der Waals surface area contributed by atoms with Crippen LogP contribution < -0.4 is 15.8 Å². The molecule has 20 heavy (non-hydrogen) atoms. The normalized spacial score (nSPS) is 11.7. The molecule has 1 amide bonds. The summed E-state index contributed by atoms with van der Waals surface area (Å²) >= 11 is 0. The highest BCUT2D eigenvalue weighted by atomic mass is 16.5. The van der Waals surface area contributed by atoms with E-state index in [1.54, 1.807) is 31.4 Å². The topological polar surface area (TPSA) is 64.3 Å². The third-order valence-corrected chi connectivity index (χ3v) is 3.13. The van der Waals surface area contributed by atoms with E-state index < -0.39 is 0 Å². The molecule has 0 aliphatic heterocycles. The zero-order chi connectivity index (χ0) is 14.5. The number of benzene rings is 2. The van der Waals surface area contributed by atoms with Crippen molar-refractivity contribution in [2.24, 2.45) is 0 Å². The van der Waals surface area contributed by atoms with Crippen molar-refractivity contribution in [3.05, 3.63) is 59.7 Å². The third-order valence-electron chi connectivity index (χ3n) is 3.13. The fourth-order valence-electron chi connectivity index (χ4n) is 2.02. The molecule has 0 heterocycles. The first-order valence-electron chi connectivity index (χ1n) is 6.41. The van der Waals surface area contributed by atoms with Crippen LogP contribution in [0.15, 0.2) is 48.5 Å². The van der Waals surface area contributed by atoms with E-state index in [0.717, 1.165) is 11.3 Å². The van der Waals surface area contributed by atoms with Crippen LogP contribution in [-0.2, 0) is 0 Å². The summed E-state index contributed by atoms with van der Waals surface area (Å²) in [6, 6.07) is 14.3. The molecule has 2 aromatic carbocycles. The standard InChI is InChI=1S/C16H18N2O2/c1-11(14-5-3-4-6-15(14)20-2)18-16(19)12-7-9-13(17)10-8-12/h3-11H,17H2,1-2H3,(H,18,19). The molecule has 1 atom stereocenters. The van der Waals surface area contributed by atoms with Gasteiger partial charge in [0.1, 0.15) is 5.75 Å². The summed E-state index contributed by atoms with van der Waals surface area (Å²) in [6.07, 6.45) is 0. The summed E-state index contributed by atoms with van der Waals surface area (Å²) < 4.78 is 5.30. The molecule has 0 aliphatic rings. The van der Waals surface area contributed by atoms with Gasteiger partial charge in [0.15, 0.2) is 0 Å². The smallest absolute Gasteiger partial charge is 0.251 e. The molecular weight excluding hydrogens is 252 g/mol. The lowest BCUT2D eigenvalue weighted by Crippen LogP contribution is -2.26. The van der Waals surface area contributed by atoms with Crippen molar-refractivity contribution in [3.63, 3.8) is 0 Å². The molecule has 1 unspecified atom stereocenters. The second kappa shape index (κ2) is 6.10. The van der Waals surface area contributed by atoms with Gasteiger partial charge in [-0.25, -0.2) is 0 Å². The van der Waals surface area contributed by atoms with Crippen molar-refractivity contribution in [1.82, 2.24) is 5.32 Å². The summed E-state index contributed by atoms with van der Waals surface area (Å²) in [5, 5.41) is 2.95. The van der Waals surface area contributed by atoms with Gasteiger partial charge in [0, 0.05) is 16.8 Å². The maximum Gasteiger partial charge on any atom is 0.251 e. The van der Waals surface area contributed by atoms with Crippen LogP contribution in [0.4, 0.5) is 5.69 Å². The van der Waals surface area contributed by atoms with Crippen LogP contribution in [0.25, 0.3) is 0 Å². The van der Waals surface area contributed by atoms with Gasteiger partial charge in [0.05, 0.1) is 13.2 Å².